The number of nitrogens with zero attached hydrogens (tertiary/aromatic N) is 1. The van der Waals surface area contributed by atoms with Crippen LogP contribution in [0.2, 0.25) is 0 Å². The van der Waals surface area contributed by atoms with Gasteiger partial charge in [-0.05, 0) is 19.9 Å². The van der Waals surface area contributed by atoms with Crippen LogP contribution in [0.3, 0.4) is 0 Å². The van der Waals surface area contributed by atoms with E-state index in [0.29, 0.717) is 11.0 Å². The molecular weight excluding hydrogens is 180 g/mol. The van der Waals surface area contributed by atoms with Crippen molar-refractivity contribution in [2.45, 2.75) is 44.6 Å². The fourth-order valence-corrected chi connectivity index (χ4v) is 2.28. The lowest BCUT2D eigenvalue weighted by Gasteiger charge is -2.26. The lowest BCUT2D eigenvalue weighted by atomic mass is 10.1. The first-order valence-electron chi connectivity index (χ1n) is 5.18. The van der Waals surface area contributed by atoms with Gasteiger partial charge in [-0.1, -0.05) is 37.9 Å². The topological polar surface area (TPSA) is 29.3 Å². The second-order valence-electron chi connectivity index (χ2n) is 4.03. The molecule has 0 amide bonds. The van der Waals surface area contributed by atoms with Gasteiger partial charge in [0, 0.05) is 12.6 Å². The van der Waals surface area contributed by atoms with Crippen molar-refractivity contribution in [3.63, 3.8) is 0 Å². The summed E-state index contributed by atoms with van der Waals surface area (Å²) in [4.78, 5) is 2.93. The van der Waals surface area contributed by atoms with Crippen LogP contribution in [0.5, 0.6) is 0 Å². The molecule has 1 aliphatic carbocycles. The van der Waals surface area contributed by atoms with Crippen molar-refractivity contribution >= 4 is 17.2 Å². The first kappa shape index (κ1) is 10.9. The van der Waals surface area contributed by atoms with Gasteiger partial charge in [0.15, 0.2) is 0 Å². The summed E-state index contributed by atoms with van der Waals surface area (Å²) in [5.74, 6) is 0. The van der Waals surface area contributed by atoms with Gasteiger partial charge in [0.05, 0.1) is 4.99 Å². The average Bonchev–Trinajstić information content (AvgIpc) is 2.29. The van der Waals surface area contributed by atoms with Crippen LogP contribution >= 0.6 is 12.2 Å². The molecule has 76 valence electrons. The highest BCUT2D eigenvalue weighted by atomic mass is 32.1. The number of thiocarbonyl (C=S) groups is 1. The average molecular weight is 200 g/mol. The van der Waals surface area contributed by atoms with Gasteiger partial charge in [-0.2, -0.15) is 0 Å². The van der Waals surface area contributed by atoms with Crippen molar-refractivity contribution in [1.82, 2.24) is 4.90 Å². The summed E-state index contributed by atoms with van der Waals surface area (Å²) in [6.45, 7) is 0.778. The van der Waals surface area contributed by atoms with Gasteiger partial charge in [-0.25, -0.2) is 0 Å². The molecule has 0 radical (unpaired) electrons. The molecular formula is C10H20N2S. The van der Waals surface area contributed by atoms with E-state index in [9.17, 15) is 0 Å². The van der Waals surface area contributed by atoms with Crippen LogP contribution in [0.25, 0.3) is 0 Å². The Hall–Kier alpha value is -0.150. The first-order chi connectivity index (χ1) is 6.20. The standard InChI is InChI=1S/C10H20N2S/c1-12(8-10(11)13)9-6-4-2-3-5-7-9/h9H,2-8H2,1H3,(H2,11,13). The highest BCUT2D eigenvalue weighted by Gasteiger charge is 2.16. The zero-order valence-corrected chi connectivity index (χ0v) is 9.28. The Morgan fingerprint density at radius 2 is 1.85 bits per heavy atom. The van der Waals surface area contributed by atoms with Crippen LogP contribution < -0.4 is 5.73 Å². The van der Waals surface area contributed by atoms with E-state index in [2.05, 4.69) is 11.9 Å². The predicted octanol–water partition coefficient (Wildman–Crippen LogP) is 1.93. The quantitative estimate of drug-likeness (QED) is 0.557. The Bertz CT molecular complexity index is 162. The Morgan fingerprint density at radius 3 is 2.31 bits per heavy atom. The molecule has 0 aromatic heterocycles. The van der Waals surface area contributed by atoms with Gasteiger partial charge in [0.2, 0.25) is 0 Å². The zero-order chi connectivity index (χ0) is 9.68. The van der Waals surface area contributed by atoms with E-state index < -0.39 is 0 Å². The molecule has 2 nitrogen and oxygen atoms in total. The molecule has 1 saturated carbocycles. The lowest BCUT2D eigenvalue weighted by molar-refractivity contribution is 0.250. The van der Waals surface area contributed by atoms with Crippen LogP contribution in [0.4, 0.5) is 0 Å². The van der Waals surface area contributed by atoms with Gasteiger partial charge < -0.3 is 5.73 Å². The third kappa shape index (κ3) is 4.05. The number of rotatable bonds is 3. The molecule has 2 N–H and O–H groups in total. The van der Waals surface area contributed by atoms with Crippen molar-refractivity contribution in [3.8, 4) is 0 Å². The molecule has 0 unspecified atom stereocenters. The molecule has 0 spiro atoms. The molecule has 13 heavy (non-hydrogen) atoms. The van der Waals surface area contributed by atoms with E-state index in [0.717, 1.165) is 6.54 Å². The molecule has 1 aliphatic rings. The summed E-state index contributed by atoms with van der Waals surface area (Å²) in [6, 6.07) is 0.712. The van der Waals surface area contributed by atoms with Crippen molar-refractivity contribution in [1.29, 1.82) is 0 Å². The first-order valence-corrected chi connectivity index (χ1v) is 5.59. The Morgan fingerprint density at radius 1 is 1.31 bits per heavy atom. The van der Waals surface area contributed by atoms with E-state index in [4.69, 9.17) is 18.0 Å². The number of likely N-dealkylation sites (N-methyl/N-ethyl adjacent to an activating group) is 1. The maximum Gasteiger partial charge on any atom is 0.0870 e. The molecule has 3 heteroatoms. The van der Waals surface area contributed by atoms with E-state index in [1.807, 2.05) is 0 Å². The fourth-order valence-electron chi connectivity index (χ4n) is 2.07. The van der Waals surface area contributed by atoms with E-state index >= 15 is 0 Å². The summed E-state index contributed by atoms with van der Waals surface area (Å²) in [5.41, 5.74) is 5.53. The van der Waals surface area contributed by atoms with Gasteiger partial charge in [-0.3, -0.25) is 4.90 Å². The third-order valence-electron chi connectivity index (χ3n) is 2.85. The van der Waals surface area contributed by atoms with Crippen LogP contribution in [-0.2, 0) is 0 Å². The molecule has 0 atom stereocenters. The molecule has 0 saturated heterocycles. The highest BCUT2D eigenvalue weighted by Crippen LogP contribution is 2.20. The van der Waals surface area contributed by atoms with Crippen LogP contribution in [0.1, 0.15) is 38.5 Å². The fraction of sp³-hybridized carbons (Fsp3) is 0.900. The zero-order valence-electron chi connectivity index (χ0n) is 8.46. The summed E-state index contributed by atoms with van der Waals surface area (Å²) < 4.78 is 0. The molecule has 0 aromatic rings. The predicted molar refractivity (Wildman–Crippen MR) is 60.9 cm³/mol. The Labute approximate surface area is 86.5 Å². The van der Waals surface area contributed by atoms with Crippen LogP contribution in [0, 0.1) is 0 Å². The van der Waals surface area contributed by atoms with Crippen LogP contribution in [0.15, 0.2) is 0 Å². The third-order valence-corrected chi connectivity index (χ3v) is 2.98. The maximum atomic E-state index is 5.53. The van der Waals surface area contributed by atoms with Gasteiger partial charge >= 0.3 is 0 Å². The Balaban J connectivity index is 2.34. The minimum atomic E-state index is 0.617. The van der Waals surface area contributed by atoms with Gasteiger partial charge in [-0.15, -0.1) is 0 Å². The summed E-state index contributed by atoms with van der Waals surface area (Å²) in [5, 5.41) is 0. The van der Waals surface area contributed by atoms with E-state index in [1.165, 1.54) is 38.5 Å². The number of nitrogens with two attached hydrogens (primary N) is 1. The maximum absolute atomic E-state index is 5.53. The normalized spacial score (nSPS) is 20.2. The molecule has 0 heterocycles. The molecule has 1 fully saturated rings. The molecule has 0 bridgehead atoms. The summed E-state index contributed by atoms with van der Waals surface area (Å²) in [6.07, 6.45) is 8.17. The van der Waals surface area contributed by atoms with Gasteiger partial charge in [0.1, 0.15) is 0 Å². The van der Waals surface area contributed by atoms with Crippen molar-refractivity contribution in [3.05, 3.63) is 0 Å². The molecule has 1 rings (SSSR count). The van der Waals surface area contributed by atoms with Crippen molar-refractivity contribution in [2.24, 2.45) is 5.73 Å². The molecule has 0 aromatic carbocycles. The minimum absolute atomic E-state index is 0.617. The van der Waals surface area contributed by atoms with E-state index in [-0.39, 0.29) is 0 Å². The largest absolute Gasteiger partial charge is 0.392 e. The highest BCUT2D eigenvalue weighted by molar-refractivity contribution is 7.80. The van der Waals surface area contributed by atoms with Crippen molar-refractivity contribution in [2.75, 3.05) is 13.6 Å². The molecule has 0 aliphatic heterocycles. The second kappa shape index (κ2) is 5.55. The number of hydrogen-bond acceptors (Lipinski definition) is 2. The second-order valence-corrected chi connectivity index (χ2v) is 4.55. The SMILES string of the molecule is CN(CC(N)=S)C1CCCCCC1. The smallest absolute Gasteiger partial charge is 0.0870 e. The lowest BCUT2D eigenvalue weighted by Crippen LogP contribution is -2.37. The minimum Gasteiger partial charge on any atom is -0.392 e. The monoisotopic (exact) mass is 200 g/mol. The number of hydrogen-bond donors (Lipinski definition) is 1. The van der Waals surface area contributed by atoms with Gasteiger partial charge in [0.25, 0.3) is 0 Å². The van der Waals surface area contributed by atoms with Crippen molar-refractivity contribution < 1.29 is 0 Å². The summed E-state index contributed by atoms with van der Waals surface area (Å²) >= 11 is 4.91. The van der Waals surface area contributed by atoms with E-state index in [1.54, 1.807) is 0 Å². The Kier molecular flexibility index (Phi) is 4.67. The summed E-state index contributed by atoms with van der Waals surface area (Å²) in [7, 11) is 2.13. The van der Waals surface area contributed by atoms with Crippen LogP contribution in [-0.4, -0.2) is 29.5 Å².